The minimum Gasteiger partial charge on any atom is -0.478 e. The van der Waals surface area contributed by atoms with Crippen molar-refractivity contribution in [2.75, 3.05) is 6.61 Å². The Balaban J connectivity index is 2.08. The second kappa shape index (κ2) is 5.20. The fraction of sp³-hybridized carbons (Fsp3) is 0.143. The molecule has 0 fully saturated rings. The Hall–Kier alpha value is -1.95. The van der Waals surface area contributed by atoms with Crippen LogP contribution in [-0.2, 0) is 0 Å². The number of fused-ring (bicyclic) bond motifs is 1. The smallest absolute Gasteiger partial charge is 0.215 e. The number of H-pyrrole nitrogens is 1. The van der Waals surface area contributed by atoms with E-state index in [1.54, 1.807) is 18.2 Å². The molecular formula is C14H11BrFN3O. The lowest BCUT2D eigenvalue weighted by molar-refractivity contribution is 0.328. The van der Waals surface area contributed by atoms with E-state index < -0.39 is 0 Å². The largest absolute Gasteiger partial charge is 0.478 e. The molecule has 0 aliphatic carbocycles. The highest BCUT2D eigenvalue weighted by Crippen LogP contribution is 2.25. The van der Waals surface area contributed by atoms with Gasteiger partial charge in [0.2, 0.25) is 5.88 Å². The van der Waals surface area contributed by atoms with Gasteiger partial charge in [-0.25, -0.2) is 9.37 Å². The molecule has 0 bridgehead atoms. The summed E-state index contributed by atoms with van der Waals surface area (Å²) in [5.74, 6) is 0.615. The molecule has 1 N–H and O–H groups in total. The van der Waals surface area contributed by atoms with Gasteiger partial charge in [0.1, 0.15) is 11.6 Å². The van der Waals surface area contributed by atoms with Crippen molar-refractivity contribution < 1.29 is 9.13 Å². The van der Waals surface area contributed by atoms with Gasteiger partial charge in [-0.2, -0.15) is 4.98 Å². The average molecular weight is 336 g/mol. The minimum atomic E-state index is -0.344. The molecule has 0 saturated carbocycles. The number of hydrogen-bond donors (Lipinski definition) is 1. The predicted molar refractivity (Wildman–Crippen MR) is 78.2 cm³/mol. The summed E-state index contributed by atoms with van der Waals surface area (Å²) < 4.78 is 19.9. The van der Waals surface area contributed by atoms with Crippen molar-refractivity contribution in [1.82, 2.24) is 15.0 Å². The Bertz CT molecular complexity index is 772. The quantitative estimate of drug-likeness (QED) is 0.789. The van der Waals surface area contributed by atoms with Crippen LogP contribution in [0.1, 0.15) is 6.92 Å². The van der Waals surface area contributed by atoms with Crippen molar-refractivity contribution in [2.45, 2.75) is 6.92 Å². The van der Waals surface area contributed by atoms with Gasteiger partial charge in [0.05, 0.1) is 17.7 Å². The van der Waals surface area contributed by atoms with E-state index in [1.165, 1.54) is 6.07 Å². The number of hydrogen-bond acceptors (Lipinski definition) is 3. The molecule has 20 heavy (non-hydrogen) atoms. The number of aromatic amines is 1. The number of imidazole rings is 1. The second-order valence-corrected chi connectivity index (χ2v) is 5.08. The van der Waals surface area contributed by atoms with Crippen LogP contribution in [-0.4, -0.2) is 21.6 Å². The lowest BCUT2D eigenvalue weighted by Gasteiger charge is -1.99. The van der Waals surface area contributed by atoms with Crippen molar-refractivity contribution in [3.63, 3.8) is 0 Å². The van der Waals surface area contributed by atoms with Gasteiger partial charge in [-0.3, -0.25) is 0 Å². The number of pyridine rings is 1. The molecule has 0 atom stereocenters. The molecule has 0 aliphatic rings. The first kappa shape index (κ1) is 13.1. The van der Waals surface area contributed by atoms with Crippen LogP contribution in [0.4, 0.5) is 4.39 Å². The molecule has 3 aromatic rings. The molecule has 0 unspecified atom stereocenters. The molecule has 0 amide bonds. The third-order valence-corrected chi connectivity index (χ3v) is 3.29. The average Bonchev–Trinajstić information content (AvgIpc) is 2.81. The molecule has 0 aliphatic heterocycles. The minimum absolute atomic E-state index is 0.344. The van der Waals surface area contributed by atoms with Crippen LogP contribution < -0.4 is 4.74 Å². The van der Waals surface area contributed by atoms with E-state index in [0.717, 1.165) is 5.52 Å². The van der Waals surface area contributed by atoms with Crippen molar-refractivity contribution in [1.29, 1.82) is 0 Å². The van der Waals surface area contributed by atoms with E-state index >= 15 is 0 Å². The standard InChI is InChI=1S/C14H11BrFN3O/c1-2-20-12-6-5-11-14(18-12)19-13(17-11)9-4-3-8(15)7-10(9)16/h3-7H,2H2,1H3,(H,17,18,19). The monoisotopic (exact) mass is 335 g/mol. The molecule has 2 aromatic heterocycles. The van der Waals surface area contributed by atoms with Crippen LogP contribution >= 0.6 is 15.9 Å². The summed E-state index contributed by atoms with van der Waals surface area (Å²) >= 11 is 3.23. The van der Waals surface area contributed by atoms with Gasteiger partial charge in [0.15, 0.2) is 5.65 Å². The van der Waals surface area contributed by atoms with Gasteiger partial charge in [-0.15, -0.1) is 0 Å². The Morgan fingerprint density at radius 1 is 1.25 bits per heavy atom. The number of ether oxygens (including phenoxy) is 1. The van der Waals surface area contributed by atoms with Gasteiger partial charge < -0.3 is 9.72 Å². The highest BCUT2D eigenvalue weighted by Gasteiger charge is 2.11. The summed E-state index contributed by atoms with van der Waals surface area (Å²) in [6.07, 6.45) is 0. The molecule has 102 valence electrons. The topological polar surface area (TPSA) is 50.8 Å². The van der Waals surface area contributed by atoms with Crippen molar-refractivity contribution in [3.05, 3.63) is 40.6 Å². The second-order valence-electron chi connectivity index (χ2n) is 4.16. The first-order valence-corrected chi connectivity index (χ1v) is 6.91. The molecular weight excluding hydrogens is 325 g/mol. The first-order valence-electron chi connectivity index (χ1n) is 6.12. The number of nitrogens with one attached hydrogen (secondary N) is 1. The Labute approximate surface area is 123 Å². The summed E-state index contributed by atoms with van der Waals surface area (Å²) in [5.41, 5.74) is 1.66. The summed E-state index contributed by atoms with van der Waals surface area (Å²) in [7, 11) is 0. The maximum Gasteiger partial charge on any atom is 0.215 e. The van der Waals surface area contributed by atoms with Gasteiger partial charge in [0.25, 0.3) is 0 Å². The van der Waals surface area contributed by atoms with Gasteiger partial charge >= 0.3 is 0 Å². The highest BCUT2D eigenvalue weighted by molar-refractivity contribution is 9.10. The van der Waals surface area contributed by atoms with E-state index in [0.29, 0.717) is 34.0 Å². The normalized spacial score (nSPS) is 10.9. The van der Waals surface area contributed by atoms with E-state index in [9.17, 15) is 4.39 Å². The maximum atomic E-state index is 13.9. The van der Waals surface area contributed by atoms with Gasteiger partial charge in [-0.05, 0) is 31.2 Å². The van der Waals surface area contributed by atoms with E-state index in [2.05, 4.69) is 30.9 Å². The van der Waals surface area contributed by atoms with E-state index in [-0.39, 0.29) is 5.82 Å². The number of benzene rings is 1. The molecule has 4 nitrogen and oxygen atoms in total. The Morgan fingerprint density at radius 2 is 2.10 bits per heavy atom. The van der Waals surface area contributed by atoms with Gasteiger partial charge in [0, 0.05) is 10.5 Å². The number of rotatable bonds is 3. The van der Waals surface area contributed by atoms with Crippen LogP contribution in [0.3, 0.4) is 0 Å². The lowest BCUT2D eigenvalue weighted by Crippen LogP contribution is -1.93. The first-order chi connectivity index (χ1) is 9.67. The third-order valence-electron chi connectivity index (χ3n) is 2.80. The number of aromatic nitrogens is 3. The van der Waals surface area contributed by atoms with Crippen LogP contribution in [0.15, 0.2) is 34.8 Å². The molecule has 6 heteroatoms. The summed E-state index contributed by atoms with van der Waals surface area (Å²) in [6.45, 7) is 2.43. The van der Waals surface area contributed by atoms with Crippen molar-refractivity contribution >= 4 is 27.1 Å². The molecule has 3 rings (SSSR count). The fourth-order valence-corrected chi connectivity index (χ4v) is 2.25. The zero-order chi connectivity index (χ0) is 14.1. The van der Waals surface area contributed by atoms with Crippen LogP contribution in [0.2, 0.25) is 0 Å². The highest BCUT2D eigenvalue weighted by atomic mass is 79.9. The number of nitrogens with zero attached hydrogens (tertiary/aromatic N) is 2. The molecule has 0 saturated heterocycles. The zero-order valence-electron chi connectivity index (χ0n) is 10.7. The van der Waals surface area contributed by atoms with Crippen molar-refractivity contribution in [3.8, 4) is 17.3 Å². The molecule has 1 aromatic carbocycles. The molecule has 0 spiro atoms. The van der Waals surface area contributed by atoms with Crippen molar-refractivity contribution in [2.24, 2.45) is 0 Å². The zero-order valence-corrected chi connectivity index (χ0v) is 12.2. The Kier molecular flexibility index (Phi) is 3.40. The van der Waals surface area contributed by atoms with Crippen LogP contribution in [0, 0.1) is 5.82 Å². The molecule has 0 radical (unpaired) electrons. The molecule has 2 heterocycles. The number of halogens is 2. The summed E-state index contributed by atoms with van der Waals surface area (Å²) in [5, 5.41) is 0. The van der Waals surface area contributed by atoms with E-state index in [1.807, 2.05) is 13.0 Å². The van der Waals surface area contributed by atoms with E-state index in [4.69, 9.17) is 4.74 Å². The third kappa shape index (κ3) is 2.38. The van der Waals surface area contributed by atoms with Gasteiger partial charge in [-0.1, -0.05) is 15.9 Å². The fourth-order valence-electron chi connectivity index (χ4n) is 1.91. The summed E-state index contributed by atoms with van der Waals surface area (Å²) in [4.78, 5) is 11.6. The maximum absolute atomic E-state index is 13.9. The Morgan fingerprint density at radius 3 is 2.85 bits per heavy atom. The van der Waals surface area contributed by atoms with Crippen LogP contribution in [0.5, 0.6) is 5.88 Å². The SMILES string of the molecule is CCOc1ccc2[nH]c(-c3ccc(Br)cc3F)nc2n1. The predicted octanol–water partition coefficient (Wildman–Crippen LogP) is 3.93. The lowest BCUT2D eigenvalue weighted by atomic mass is 10.2. The van der Waals surface area contributed by atoms with Crippen LogP contribution in [0.25, 0.3) is 22.6 Å². The summed E-state index contributed by atoms with van der Waals surface area (Å²) in [6, 6.07) is 8.42.